The van der Waals surface area contributed by atoms with Crippen molar-refractivity contribution in [1.29, 1.82) is 0 Å². The van der Waals surface area contributed by atoms with Gasteiger partial charge in [-0.1, -0.05) is 44.2 Å². The molecule has 0 N–H and O–H groups in total. The van der Waals surface area contributed by atoms with E-state index in [1.165, 1.54) is 5.56 Å². The van der Waals surface area contributed by atoms with Gasteiger partial charge in [-0.05, 0) is 31.2 Å². The van der Waals surface area contributed by atoms with Gasteiger partial charge in [0.05, 0.1) is 5.60 Å². The second-order valence-corrected chi connectivity index (χ2v) is 4.49. The summed E-state index contributed by atoms with van der Waals surface area (Å²) in [6, 6.07) is 10.7. The molecule has 0 aliphatic carbocycles. The van der Waals surface area contributed by atoms with Crippen LogP contribution in [0.4, 0.5) is 0 Å². The minimum atomic E-state index is 0.141. The van der Waals surface area contributed by atoms with E-state index in [0.717, 1.165) is 36.2 Å². The van der Waals surface area contributed by atoms with E-state index < -0.39 is 0 Å². The molecule has 0 atom stereocenters. The van der Waals surface area contributed by atoms with Crippen molar-refractivity contribution in [1.82, 2.24) is 0 Å². The topological polar surface area (TPSA) is 9.23 Å². The molecule has 1 aromatic carbocycles. The lowest BCUT2D eigenvalue weighted by molar-refractivity contribution is 0.0617. The molecule has 0 spiro atoms. The van der Waals surface area contributed by atoms with Crippen molar-refractivity contribution in [3.05, 3.63) is 35.9 Å². The fourth-order valence-corrected chi connectivity index (χ4v) is 2.79. The molecule has 0 fully saturated rings. The summed E-state index contributed by atoms with van der Waals surface area (Å²) in [5.41, 5.74) is 1.56. The molecule has 0 bridgehead atoms. The third-order valence-corrected chi connectivity index (χ3v) is 4.30. The van der Waals surface area contributed by atoms with Gasteiger partial charge < -0.3 is 4.43 Å². The molecule has 2 heteroatoms. The van der Waals surface area contributed by atoms with Crippen molar-refractivity contribution in [3.63, 3.8) is 0 Å². The fourth-order valence-electron chi connectivity index (χ4n) is 2.01. The second kappa shape index (κ2) is 6.08. The monoisotopic (exact) mass is 222 g/mol. The van der Waals surface area contributed by atoms with Crippen LogP contribution in [0.3, 0.4) is 0 Å². The summed E-state index contributed by atoms with van der Waals surface area (Å²) in [6.45, 7) is 4.46. The largest absolute Gasteiger partial charge is 0.422 e. The van der Waals surface area contributed by atoms with Gasteiger partial charge >= 0.3 is 0 Å². The average Bonchev–Trinajstić information content (AvgIpc) is 2.33. The molecule has 1 aromatic rings. The van der Waals surface area contributed by atoms with Crippen molar-refractivity contribution in [3.8, 4) is 0 Å². The molecule has 0 saturated heterocycles. The first-order chi connectivity index (χ1) is 7.26. The number of hydrogen-bond acceptors (Lipinski definition) is 1. The molecular weight excluding hydrogens is 200 g/mol. The third-order valence-electron chi connectivity index (χ3n) is 3.43. The highest BCUT2D eigenvalue weighted by Gasteiger charge is 2.23. The minimum Gasteiger partial charge on any atom is -0.422 e. The number of rotatable bonds is 6. The number of benzene rings is 1. The summed E-state index contributed by atoms with van der Waals surface area (Å²) < 4.78 is 5.80. The molecule has 1 rings (SSSR count). The van der Waals surface area contributed by atoms with E-state index in [9.17, 15) is 0 Å². The molecule has 0 heterocycles. The van der Waals surface area contributed by atoms with Crippen LogP contribution < -0.4 is 0 Å². The Labute approximate surface area is 96.4 Å². The first-order valence-electron chi connectivity index (χ1n) is 5.85. The maximum Gasteiger partial charge on any atom is 0.146 e. The molecular formula is C13H22OSi. The molecule has 0 radical (unpaired) electrons. The van der Waals surface area contributed by atoms with Crippen LogP contribution in [0, 0.1) is 0 Å². The molecule has 0 unspecified atom stereocenters. The quantitative estimate of drug-likeness (QED) is 0.672. The summed E-state index contributed by atoms with van der Waals surface area (Å²) in [5.74, 6) is 0. The number of aryl methyl sites for hydroxylation is 1. The second-order valence-electron chi connectivity index (χ2n) is 4.08. The van der Waals surface area contributed by atoms with E-state index in [1.807, 2.05) is 0 Å². The normalized spacial score (nSPS) is 11.9. The van der Waals surface area contributed by atoms with Crippen LogP contribution in [-0.2, 0) is 10.8 Å². The zero-order chi connectivity index (χ0) is 11.1. The first kappa shape index (κ1) is 12.5. The van der Waals surface area contributed by atoms with E-state index >= 15 is 0 Å². The van der Waals surface area contributed by atoms with Crippen molar-refractivity contribution in [2.24, 2.45) is 0 Å². The highest BCUT2D eigenvalue weighted by atomic mass is 28.2. The van der Waals surface area contributed by atoms with Crippen LogP contribution in [0.5, 0.6) is 0 Å². The lowest BCUT2D eigenvalue weighted by atomic mass is 9.90. The highest BCUT2D eigenvalue weighted by Crippen LogP contribution is 2.25. The van der Waals surface area contributed by atoms with Gasteiger partial charge in [-0.2, -0.15) is 0 Å². The van der Waals surface area contributed by atoms with E-state index in [1.54, 1.807) is 0 Å². The summed E-state index contributed by atoms with van der Waals surface area (Å²) in [6.07, 6.45) is 4.53. The van der Waals surface area contributed by atoms with Gasteiger partial charge in [0.1, 0.15) is 10.5 Å². The number of hydrogen-bond donors (Lipinski definition) is 0. The smallest absolute Gasteiger partial charge is 0.146 e. The van der Waals surface area contributed by atoms with Crippen molar-refractivity contribution >= 4 is 10.5 Å². The van der Waals surface area contributed by atoms with Gasteiger partial charge in [0.2, 0.25) is 0 Å². The lowest BCUT2D eigenvalue weighted by Crippen LogP contribution is -2.30. The van der Waals surface area contributed by atoms with Gasteiger partial charge in [0.15, 0.2) is 0 Å². The lowest BCUT2D eigenvalue weighted by Gasteiger charge is -2.31. The highest BCUT2D eigenvalue weighted by molar-refractivity contribution is 5.98. The van der Waals surface area contributed by atoms with Crippen LogP contribution in [0.1, 0.15) is 38.7 Å². The van der Waals surface area contributed by atoms with Crippen molar-refractivity contribution in [2.75, 3.05) is 0 Å². The summed E-state index contributed by atoms with van der Waals surface area (Å²) in [4.78, 5) is 0. The molecule has 0 amide bonds. The molecule has 84 valence electrons. The molecule has 0 aliphatic rings. The standard InChI is InChI=1S/C13H22OSi/c1-3-13(4-2,14-15)11-10-12-8-6-5-7-9-12/h5-9H,3-4,10-11H2,1-2,15H3. The predicted octanol–water partition coefficient (Wildman–Crippen LogP) is 2.48. The Morgan fingerprint density at radius 2 is 1.73 bits per heavy atom. The zero-order valence-electron chi connectivity index (χ0n) is 10.1. The van der Waals surface area contributed by atoms with Crippen LogP contribution >= 0.6 is 0 Å². The van der Waals surface area contributed by atoms with Crippen LogP contribution in [-0.4, -0.2) is 16.1 Å². The van der Waals surface area contributed by atoms with Crippen LogP contribution in [0.25, 0.3) is 0 Å². The summed E-state index contributed by atoms with van der Waals surface area (Å²) in [5, 5.41) is 0. The Morgan fingerprint density at radius 1 is 1.13 bits per heavy atom. The van der Waals surface area contributed by atoms with Gasteiger partial charge in [0, 0.05) is 0 Å². The zero-order valence-corrected chi connectivity index (χ0v) is 12.1. The van der Waals surface area contributed by atoms with E-state index in [0.29, 0.717) is 0 Å². The van der Waals surface area contributed by atoms with Gasteiger partial charge in [-0.25, -0.2) is 0 Å². The summed E-state index contributed by atoms with van der Waals surface area (Å²) >= 11 is 0. The molecule has 1 nitrogen and oxygen atoms in total. The maximum atomic E-state index is 5.80. The SMILES string of the molecule is CCC(CC)(CCc1ccccc1)O[SiH3]. The van der Waals surface area contributed by atoms with Crippen LogP contribution in [0.2, 0.25) is 0 Å². The van der Waals surface area contributed by atoms with Gasteiger partial charge in [-0.3, -0.25) is 0 Å². The van der Waals surface area contributed by atoms with Crippen molar-refractivity contribution in [2.45, 2.75) is 45.1 Å². The van der Waals surface area contributed by atoms with E-state index in [2.05, 4.69) is 44.2 Å². The maximum absolute atomic E-state index is 5.80. The minimum absolute atomic E-state index is 0.141. The Morgan fingerprint density at radius 3 is 2.20 bits per heavy atom. The Kier molecular flexibility index (Phi) is 5.06. The fraction of sp³-hybridized carbons (Fsp3) is 0.538. The first-order valence-corrected chi connectivity index (χ1v) is 6.67. The Bertz CT molecular complexity index is 259. The molecule has 0 aliphatic heterocycles. The van der Waals surface area contributed by atoms with Crippen molar-refractivity contribution < 1.29 is 4.43 Å². The van der Waals surface area contributed by atoms with E-state index in [-0.39, 0.29) is 5.60 Å². The van der Waals surface area contributed by atoms with Gasteiger partial charge in [0.25, 0.3) is 0 Å². The molecule has 0 saturated carbocycles. The van der Waals surface area contributed by atoms with E-state index in [4.69, 9.17) is 4.43 Å². The van der Waals surface area contributed by atoms with Gasteiger partial charge in [-0.15, -0.1) is 0 Å². The predicted molar refractivity (Wildman–Crippen MR) is 69.1 cm³/mol. The molecule has 15 heavy (non-hydrogen) atoms. The summed E-state index contributed by atoms with van der Waals surface area (Å²) in [7, 11) is 0.842. The third kappa shape index (κ3) is 3.47. The average molecular weight is 222 g/mol. The van der Waals surface area contributed by atoms with Crippen LogP contribution in [0.15, 0.2) is 30.3 Å². The molecule has 0 aromatic heterocycles. The Balaban J connectivity index is 2.54. The Hall–Kier alpha value is -0.603.